The van der Waals surface area contributed by atoms with Gasteiger partial charge in [0.15, 0.2) is 0 Å². The first-order chi connectivity index (χ1) is 9.79. The maximum Gasteiger partial charge on any atom is 0.335 e. The maximum atomic E-state index is 12.2. The predicted molar refractivity (Wildman–Crippen MR) is 82.8 cm³/mol. The van der Waals surface area contributed by atoms with E-state index in [0.29, 0.717) is 0 Å². The second kappa shape index (κ2) is 5.74. The summed E-state index contributed by atoms with van der Waals surface area (Å²) in [6.07, 6.45) is 0. The summed E-state index contributed by atoms with van der Waals surface area (Å²) in [7, 11) is -3.78. The third kappa shape index (κ3) is 3.53. The van der Waals surface area contributed by atoms with Crippen molar-refractivity contribution in [1.29, 1.82) is 0 Å². The van der Waals surface area contributed by atoms with E-state index in [0.717, 1.165) is 4.47 Å². The topological polar surface area (TPSA) is 109 Å². The number of nitrogens with one attached hydrogen (secondary N) is 1. The summed E-state index contributed by atoms with van der Waals surface area (Å²) in [6.45, 7) is 0. The van der Waals surface area contributed by atoms with Crippen LogP contribution < -0.4 is 10.5 Å². The van der Waals surface area contributed by atoms with Crippen molar-refractivity contribution in [2.24, 2.45) is 0 Å². The molecule has 2 aromatic rings. The van der Waals surface area contributed by atoms with Gasteiger partial charge < -0.3 is 10.8 Å². The maximum absolute atomic E-state index is 12.2. The zero-order valence-corrected chi connectivity index (χ0v) is 13.0. The van der Waals surface area contributed by atoms with E-state index in [1.807, 2.05) is 0 Å². The molecule has 0 heterocycles. The summed E-state index contributed by atoms with van der Waals surface area (Å²) in [6, 6.07) is 9.87. The molecule has 0 radical (unpaired) electrons. The van der Waals surface area contributed by atoms with Gasteiger partial charge in [0.2, 0.25) is 0 Å². The summed E-state index contributed by atoms with van der Waals surface area (Å²) < 4.78 is 27.5. The third-order valence-corrected chi connectivity index (χ3v) is 4.58. The van der Waals surface area contributed by atoms with E-state index in [1.165, 1.54) is 30.3 Å². The highest BCUT2D eigenvalue weighted by Crippen LogP contribution is 2.24. The molecule has 0 saturated carbocycles. The number of rotatable bonds is 4. The fourth-order valence-corrected chi connectivity index (χ4v) is 2.96. The van der Waals surface area contributed by atoms with Gasteiger partial charge in [-0.25, -0.2) is 13.2 Å². The van der Waals surface area contributed by atoms with Crippen molar-refractivity contribution in [1.82, 2.24) is 0 Å². The van der Waals surface area contributed by atoms with E-state index in [-0.39, 0.29) is 21.8 Å². The van der Waals surface area contributed by atoms with E-state index in [1.54, 1.807) is 12.1 Å². The minimum absolute atomic E-state index is 0.0147. The first kappa shape index (κ1) is 15.3. The lowest BCUT2D eigenvalue weighted by Gasteiger charge is -2.11. The Labute approximate surface area is 129 Å². The van der Waals surface area contributed by atoms with Crippen LogP contribution in [0.25, 0.3) is 0 Å². The Bertz CT molecular complexity index is 788. The predicted octanol–water partition coefficient (Wildman–Crippen LogP) is 2.53. The van der Waals surface area contributed by atoms with Crippen LogP contribution in [0.2, 0.25) is 0 Å². The minimum Gasteiger partial charge on any atom is -0.478 e. The Morgan fingerprint density at radius 1 is 1.14 bits per heavy atom. The first-order valence-electron chi connectivity index (χ1n) is 5.71. The largest absolute Gasteiger partial charge is 0.478 e. The monoisotopic (exact) mass is 370 g/mol. The number of aromatic carboxylic acids is 1. The molecule has 0 atom stereocenters. The molecule has 0 aromatic heterocycles. The van der Waals surface area contributed by atoms with Crippen LogP contribution in [0.4, 0.5) is 11.4 Å². The third-order valence-electron chi connectivity index (χ3n) is 2.67. The molecule has 0 unspecified atom stereocenters. The molecule has 0 amide bonds. The molecule has 2 rings (SSSR count). The lowest BCUT2D eigenvalue weighted by Crippen LogP contribution is -2.14. The van der Waals surface area contributed by atoms with Crippen molar-refractivity contribution in [3.05, 3.63) is 52.5 Å². The van der Waals surface area contributed by atoms with Crippen LogP contribution in [0.3, 0.4) is 0 Å². The Morgan fingerprint density at radius 2 is 1.76 bits per heavy atom. The number of hydrogen-bond acceptors (Lipinski definition) is 4. The van der Waals surface area contributed by atoms with E-state index in [9.17, 15) is 13.2 Å². The standard InChI is InChI=1S/C13H11BrN2O4S/c14-9-2-4-10(5-3-9)21(19,20)16-12-6-1-8(13(17)18)7-11(12)15/h1-7,16H,15H2,(H,17,18). The molecule has 6 nitrogen and oxygen atoms in total. The van der Waals surface area contributed by atoms with E-state index in [2.05, 4.69) is 20.7 Å². The van der Waals surface area contributed by atoms with Gasteiger partial charge in [0.05, 0.1) is 21.8 Å². The lowest BCUT2D eigenvalue weighted by molar-refractivity contribution is 0.0697. The van der Waals surface area contributed by atoms with Crippen molar-refractivity contribution in [3.8, 4) is 0 Å². The number of benzene rings is 2. The smallest absolute Gasteiger partial charge is 0.335 e. The summed E-state index contributed by atoms with van der Waals surface area (Å²) in [5.41, 5.74) is 5.82. The number of nitrogens with two attached hydrogens (primary N) is 1. The molecule has 0 aliphatic rings. The molecule has 0 aliphatic carbocycles. The molecule has 0 aliphatic heterocycles. The number of carbonyl (C=O) groups is 1. The van der Waals surface area contributed by atoms with E-state index >= 15 is 0 Å². The molecule has 8 heteroatoms. The average molecular weight is 371 g/mol. The van der Waals surface area contributed by atoms with E-state index < -0.39 is 16.0 Å². The highest BCUT2D eigenvalue weighted by atomic mass is 79.9. The molecule has 0 spiro atoms. The number of halogens is 1. The van der Waals surface area contributed by atoms with Crippen LogP contribution in [0.15, 0.2) is 51.8 Å². The molecule has 110 valence electrons. The Morgan fingerprint density at radius 3 is 2.29 bits per heavy atom. The van der Waals surface area contributed by atoms with Crippen molar-refractivity contribution >= 4 is 43.3 Å². The molecule has 4 N–H and O–H groups in total. The van der Waals surface area contributed by atoms with Gasteiger partial charge in [-0.15, -0.1) is 0 Å². The van der Waals surface area contributed by atoms with Crippen LogP contribution >= 0.6 is 15.9 Å². The van der Waals surface area contributed by atoms with Crippen LogP contribution in [0.1, 0.15) is 10.4 Å². The number of nitrogen functional groups attached to an aromatic ring is 1. The van der Waals surface area contributed by atoms with Crippen molar-refractivity contribution in [2.75, 3.05) is 10.5 Å². The number of carboxylic acids is 1. The van der Waals surface area contributed by atoms with E-state index in [4.69, 9.17) is 10.8 Å². The average Bonchev–Trinajstić information content (AvgIpc) is 2.41. The fraction of sp³-hybridized carbons (Fsp3) is 0. The summed E-state index contributed by atoms with van der Waals surface area (Å²) in [4.78, 5) is 10.9. The van der Waals surface area contributed by atoms with Crippen molar-refractivity contribution in [2.45, 2.75) is 4.90 Å². The number of sulfonamides is 1. The van der Waals surface area contributed by atoms with Gasteiger partial charge in [0.25, 0.3) is 10.0 Å². The van der Waals surface area contributed by atoms with Gasteiger partial charge in [-0.05, 0) is 42.5 Å². The van der Waals surface area contributed by atoms with Gasteiger partial charge in [-0.3, -0.25) is 4.72 Å². The Hall–Kier alpha value is -2.06. The Balaban J connectivity index is 2.32. The highest BCUT2D eigenvalue weighted by molar-refractivity contribution is 9.10. The lowest BCUT2D eigenvalue weighted by atomic mass is 10.2. The Kier molecular flexibility index (Phi) is 4.19. The molecular weight excluding hydrogens is 360 g/mol. The zero-order valence-electron chi connectivity index (χ0n) is 10.6. The quantitative estimate of drug-likeness (QED) is 0.716. The highest BCUT2D eigenvalue weighted by Gasteiger charge is 2.16. The van der Waals surface area contributed by atoms with Crippen molar-refractivity contribution in [3.63, 3.8) is 0 Å². The second-order valence-corrected chi connectivity index (χ2v) is 6.76. The summed E-state index contributed by atoms with van der Waals surface area (Å²) >= 11 is 3.22. The van der Waals surface area contributed by atoms with Gasteiger partial charge >= 0.3 is 5.97 Å². The molecular formula is C13H11BrN2O4S. The molecule has 0 bridgehead atoms. The fourth-order valence-electron chi connectivity index (χ4n) is 1.61. The number of anilines is 2. The summed E-state index contributed by atoms with van der Waals surface area (Å²) in [5.74, 6) is -1.14. The number of hydrogen-bond donors (Lipinski definition) is 3. The number of carboxylic acid groups (broad SMARTS) is 1. The first-order valence-corrected chi connectivity index (χ1v) is 7.98. The molecule has 0 fully saturated rings. The normalized spacial score (nSPS) is 11.1. The van der Waals surface area contributed by atoms with Crippen LogP contribution in [-0.4, -0.2) is 19.5 Å². The van der Waals surface area contributed by atoms with Crippen LogP contribution in [-0.2, 0) is 10.0 Å². The SMILES string of the molecule is Nc1cc(C(=O)O)ccc1NS(=O)(=O)c1ccc(Br)cc1. The molecule has 2 aromatic carbocycles. The molecule has 0 saturated heterocycles. The van der Waals surface area contributed by atoms with Crippen LogP contribution in [0.5, 0.6) is 0 Å². The summed E-state index contributed by atoms with van der Waals surface area (Å²) in [5, 5.41) is 8.84. The second-order valence-electron chi connectivity index (χ2n) is 4.17. The van der Waals surface area contributed by atoms with Crippen molar-refractivity contribution < 1.29 is 18.3 Å². The molecule has 21 heavy (non-hydrogen) atoms. The van der Waals surface area contributed by atoms with Gasteiger partial charge in [-0.2, -0.15) is 0 Å². The van der Waals surface area contributed by atoms with Gasteiger partial charge in [0, 0.05) is 4.47 Å². The van der Waals surface area contributed by atoms with Gasteiger partial charge in [0.1, 0.15) is 0 Å². The van der Waals surface area contributed by atoms with Gasteiger partial charge in [-0.1, -0.05) is 15.9 Å². The zero-order chi connectivity index (χ0) is 15.6. The van der Waals surface area contributed by atoms with Crippen LogP contribution in [0, 0.1) is 0 Å². The minimum atomic E-state index is -3.78.